The number of fused-ring (bicyclic) bond motifs is 1. The van der Waals surface area contributed by atoms with Crippen molar-refractivity contribution in [2.75, 3.05) is 5.32 Å². The first-order valence-corrected chi connectivity index (χ1v) is 7.23. The van der Waals surface area contributed by atoms with Gasteiger partial charge in [-0.1, -0.05) is 13.8 Å². The van der Waals surface area contributed by atoms with Gasteiger partial charge in [0.05, 0.1) is 5.56 Å². The van der Waals surface area contributed by atoms with Gasteiger partial charge >= 0.3 is 0 Å². The van der Waals surface area contributed by atoms with Gasteiger partial charge in [-0.05, 0) is 23.6 Å². The zero-order valence-electron chi connectivity index (χ0n) is 10.8. The van der Waals surface area contributed by atoms with Crippen LogP contribution in [0.15, 0.2) is 17.0 Å². The van der Waals surface area contributed by atoms with Crippen LogP contribution in [0.1, 0.15) is 42.6 Å². The van der Waals surface area contributed by atoms with E-state index in [0.717, 1.165) is 0 Å². The maximum absolute atomic E-state index is 11.8. The summed E-state index contributed by atoms with van der Waals surface area (Å²) in [6.45, 7) is 5.04. The molecule has 0 aromatic heterocycles. The summed E-state index contributed by atoms with van der Waals surface area (Å²) in [6.07, 6.45) is 0. The van der Waals surface area contributed by atoms with Crippen molar-refractivity contribution in [1.29, 1.82) is 0 Å². The molecule has 0 fully saturated rings. The normalized spacial score (nSPS) is 16.1. The molecular weight excluding hydrogens is 268 g/mol. The van der Waals surface area contributed by atoms with Gasteiger partial charge in [-0.3, -0.25) is 9.59 Å². The minimum atomic E-state index is -3.82. The third-order valence-electron chi connectivity index (χ3n) is 2.82. The maximum atomic E-state index is 11.8. The minimum Gasteiger partial charge on any atom is -0.326 e. The molecule has 0 spiro atoms. The molecule has 1 aliphatic heterocycles. The number of carbonyl (C=O) groups excluding carboxylic acids is 2. The second-order valence-electron chi connectivity index (χ2n) is 4.71. The number of amides is 2. The fourth-order valence-electron chi connectivity index (χ4n) is 2.05. The van der Waals surface area contributed by atoms with Gasteiger partial charge < -0.3 is 5.32 Å². The quantitative estimate of drug-likeness (QED) is 0.852. The van der Waals surface area contributed by atoms with Crippen molar-refractivity contribution in [3.05, 3.63) is 23.3 Å². The van der Waals surface area contributed by atoms with Gasteiger partial charge in [-0.2, -0.15) is 0 Å². The van der Waals surface area contributed by atoms with E-state index in [1.165, 1.54) is 13.0 Å². The van der Waals surface area contributed by atoms with Crippen molar-refractivity contribution in [2.24, 2.45) is 0 Å². The largest absolute Gasteiger partial charge is 0.326 e. The van der Waals surface area contributed by atoms with Crippen molar-refractivity contribution in [3.63, 3.8) is 0 Å². The standard InChI is InChI=1S/C12H14N2O4S/c1-6(2)9-4-8(13-7(3)15)5-10-11(9)12(16)14-19(10,17)18/h4-6H,1-3H3,(H,13,15)(H,14,16). The SMILES string of the molecule is CC(=O)Nc1cc(C(C)C)c2c(c1)S(=O)(=O)NC2=O. The molecule has 102 valence electrons. The van der Waals surface area contributed by atoms with Crippen LogP contribution in [0.2, 0.25) is 0 Å². The average Bonchev–Trinajstić information content (AvgIpc) is 2.47. The van der Waals surface area contributed by atoms with Gasteiger partial charge in [0.1, 0.15) is 4.90 Å². The van der Waals surface area contributed by atoms with E-state index in [0.29, 0.717) is 11.3 Å². The predicted molar refractivity (Wildman–Crippen MR) is 69.5 cm³/mol. The Balaban J connectivity index is 2.72. The van der Waals surface area contributed by atoms with Crippen molar-refractivity contribution in [3.8, 4) is 0 Å². The Bertz CT molecular complexity index is 677. The number of rotatable bonds is 2. The maximum Gasteiger partial charge on any atom is 0.266 e. The van der Waals surface area contributed by atoms with Crippen LogP contribution in [0.5, 0.6) is 0 Å². The lowest BCUT2D eigenvalue weighted by atomic mass is 9.96. The van der Waals surface area contributed by atoms with E-state index in [9.17, 15) is 18.0 Å². The summed E-state index contributed by atoms with van der Waals surface area (Å²) in [6, 6.07) is 2.93. The van der Waals surface area contributed by atoms with Gasteiger partial charge in [-0.25, -0.2) is 13.1 Å². The van der Waals surface area contributed by atoms with Crippen molar-refractivity contribution in [1.82, 2.24) is 4.72 Å². The van der Waals surface area contributed by atoms with Gasteiger partial charge in [-0.15, -0.1) is 0 Å². The molecule has 0 bridgehead atoms. The molecule has 2 rings (SSSR count). The van der Waals surface area contributed by atoms with Crippen LogP contribution in [0, 0.1) is 0 Å². The van der Waals surface area contributed by atoms with E-state index < -0.39 is 15.9 Å². The van der Waals surface area contributed by atoms with E-state index in [1.807, 2.05) is 18.6 Å². The van der Waals surface area contributed by atoms with Crippen molar-refractivity contribution >= 4 is 27.5 Å². The Labute approximate surface area is 111 Å². The Morgan fingerprint density at radius 2 is 1.95 bits per heavy atom. The molecule has 1 heterocycles. The van der Waals surface area contributed by atoms with Crippen LogP contribution < -0.4 is 10.0 Å². The van der Waals surface area contributed by atoms with Gasteiger partial charge in [0, 0.05) is 12.6 Å². The predicted octanol–water partition coefficient (Wildman–Crippen LogP) is 1.20. The van der Waals surface area contributed by atoms with Crippen LogP contribution >= 0.6 is 0 Å². The van der Waals surface area contributed by atoms with Crippen molar-refractivity contribution < 1.29 is 18.0 Å². The smallest absolute Gasteiger partial charge is 0.266 e. The van der Waals surface area contributed by atoms with Crippen LogP contribution in [0.25, 0.3) is 0 Å². The van der Waals surface area contributed by atoms with Crippen LogP contribution in [0.4, 0.5) is 5.69 Å². The Morgan fingerprint density at radius 1 is 1.32 bits per heavy atom. The van der Waals surface area contributed by atoms with Crippen LogP contribution in [-0.4, -0.2) is 20.2 Å². The molecule has 1 aliphatic rings. The summed E-state index contributed by atoms with van der Waals surface area (Å²) in [5.41, 5.74) is 1.14. The summed E-state index contributed by atoms with van der Waals surface area (Å²) < 4.78 is 25.6. The highest BCUT2D eigenvalue weighted by Gasteiger charge is 2.35. The summed E-state index contributed by atoms with van der Waals surface area (Å²) >= 11 is 0. The monoisotopic (exact) mass is 282 g/mol. The van der Waals surface area contributed by atoms with Gasteiger partial charge in [0.2, 0.25) is 5.91 Å². The summed E-state index contributed by atoms with van der Waals surface area (Å²) in [5, 5.41) is 2.54. The molecule has 2 amide bonds. The van der Waals surface area contributed by atoms with E-state index in [2.05, 4.69) is 5.32 Å². The molecule has 6 nitrogen and oxygen atoms in total. The molecular formula is C12H14N2O4S. The summed E-state index contributed by atoms with van der Waals surface area (Å²) in [5.74, 6) is -0.959. The molecule has 1 aromatic rings. The van der Waals surface area contributed by atoms with Crippen molar-refractivity contribution in [2.45, 2.75) is 31.6 Å². The lowest BCUT2D eigenvalue weighted by Gasteiger charge is -2.12. The number of carbonyl (C=O) groups is 2. The highest BCUT2D eigenvalue weighted by Crippen LogP contribution is 2.33. The highest BCUT2D eigenvalue weighted by molar-refractivity contribution is 7.90. The Morgan fingerprint density at radius 3 is 2.47 bits per heavy atom. The molecule has 0 unspecified atom stereocenters. The summed E-state index contributed by atoms with van der Waals surface area (Å²) in [4.78, 5) is 22.8. The van der Waals surface area contributed by atoms with E-state index in [4.69, 9.17) is 0 Å². The van der Waals surface area contributed by atoms with Crippen LogP contribution in [0.3, 0.4) is 0 Å². The molecule has 7 heteroatoms. The Kier molecular flexibility index (Phi) is 3.09. The molecule has 0 saturated heterocycles. The zero-order valence-corrected chi connectivity index (χ0v) is 11.6. The van der Waals surface area contributed by atoms with Gasteiger partial charge in [0.25, 0.3) is 15.9 Å². The lowest BCUT2D eigenvalue weighted by molar-refractivity contribution is -0.114. The second kappa shape index (κ2) is 4.34. The highest BCUT2D eigenvalue weighted by atomic mass is 32.2. The molecule has 2 N–H and O–H groups in total. The first kappa shape index (κ1) is 13.5. The van der Waals surface area contributed by atoms with Crippen LogP contribution in [-0.2, 0) is 14.8 Å². The third-order valence-corrected chi connectivity index (χ3v) is 4.17. The molecule has 19 heavy (non-hydrogen) atoms. The lowest BCUT2D eigenvalue weighted by Crippen LogP contribution is -2.21. The number of nitrogens with one attached hydrogen (secondary N) is 2. The third kappa shape index (κ3) is 2.33. The van der Waals surface area contributed by atoms with E-state index in [1.54, 1.807) is 6.07 Å². The molecule has 0 radical (unpaired) electrons. The van der Waals surface area contributed by atoms with E-state index in [-0.39, 0.29) is 22.3 Å². The molecule has 0 aliphatic carbocycles. The number of anilines is 1. The Hall–Kier alpha value is -1.89. The second-order valence-corrected chi connectivity index (χ2v) is 6.36. The number of hydrogen-bond donors (Lipinski definition) is 2. The first-order valence-electron chi connectivity index (χ1n) is 5.75. The summed E-state index contributed by atoms with van der Waals surface area (Å²) in [7, 11) is -3.82. The van der Waals surface area contributed by atoms with Gasteiger partial charge in [0.15, 0.2) is 0 Å². The average molecular weight is 282 g/mol. The number of benzene rings is 1. The minimum absolute atomic E-state index is 0.0403. The fourth-order valence-corrected chi connectivity index (χ4v) is 3.27. The fraction of sp³-hybridized carbons (Fsp3) is 0.333. The molecule has 1 aromatic carbocycles. The van der Waals surface area contributed by atoms with E-state index >= 15 is 0 Å². The topological polar surface area (TPSA) is 92.3 Å². The first-order chi connectivity index (χ1) is 8.72. The molecule has 0 atom stereocenters. The molecule has 0 saturated carbocycles. The zero-order chi connectivity index (χ0) is 14.4. The number of sulfonamides is 1. The number of hydrogen-bond acceptors (Lipinski definition) is 4.